The fraction of sp³-hybridized carbons (Fsp3) is 0.571. The molecule has 0 atom stereocenters. The Morgan fingerprint density at radius 3 is 2.41 bits per heavy atom. The molecular weight excluding hydrogens is 212 g/mol. The van der Waals surface area contributed by atoms with Crippen LogP contribution in [0.3, 0.4) is 0 Å². The van der Waals surface area contributed by atoms with Gasteiger partial charge in [0.25, 0.3) is 0 Å². The molecule has 3 heteroatoms. The summed E-state index contributed by atoms with van der Waals surface area (Å²) >= 11 is 0. The maximum absolute atomic E-state index is 9.49. The van der Waals surface area contributed by atoms with Crippen molar-refractivity contribution in [1.29, 1.82) is 0 Å². The monoisotopic (exact) mass is 236 g/mol. The lowest BCUT2D eigenvalue weighted by Crippen LogP contribution is -2.32. The molecule has 3 nitrogen and oxygen atoms in total. The summed E-state index contributed by atoms with van der Waals surface area (Å²) in [5, 5.41) is 12.9. The normalized spacial score (nSPS) is 11.5. The highest BCUT2D eigenvalue weighted by Crippen LogP contribution is 2.26. The van der Waals surface area contributed by atoms with E-state index in [4.69, 9.17) is 5.73 Å². The van der Waals surface area contributed by atoms with Gasteiger partial charge in [0.05, 0.1) is 6.61 Å². The average Bonchev–Trinajstić information content (AvgIpc) is 2.36. The average molecular weight is 236 g/mol. The minimum absolute atomic E-state index is 0.0281. The molecule has 1 rings (SSSR count). The molecule has 0 bridgehead atoms. The number of nitrogen functional groups attached to an aromatic ring is 1. The number of aryl methyl sites for hydroxylation is 1. The van der Waals surface area contributed by atoms with E-state index < -0.39 is 0 Å². The first-order valence-corrected chi connectivity index (χ1v) is 6.27. The minimum atomic E-state index is -0.0281. The molecule has 4 N–H and O–H groups in total. The van der Waals surface area contributed by atoms with Crippen LogP contribution in [0.4, 0.5) is 11.4 Å². The van der Waals surface area contributed by atoms with Crippen LogP contribution in [0.25, 0.3) is 0 Å². The van der Waals surface area contributed by atoms with Gasteiger partial charge in [0.2, 0.25) is 0 Å². The highest BCUT2D eigenvalue weighted by molar-refractivity contribution is 5.58. The molecule has 0 unspecified atom stereocenters. The first kappa shape index (κ1) is 13.8. The Balaban J connectivity index is 2.68. The third-order valence-corrected chi connectivity index (χ3v) is 3.78. The predicted molar refractivity (Wildman–Crippen MR) is 74.2 cm³/mol. The standard InChI is InChI=1S/C14H24N2O/c1-4-14(5-2,10-17)9-16-12-7-6-11(3)13(15)8-12/h6-8,16-17H,4-5,9-10,15H2,1-3H3. The summed E-state index contributed by atoms with van der Waals surface area (Å²) in [6.07, 6.45) is 1.93. The van der Waals surface area contributed by atoms with Gasteiger partial charge in [0, 0.05) is 23.3 Å². The van der Waals surface area contributed by atoms with Crippen LogP contribution in [-0.2, 0) is 0 Å². The molecule has 0 radical (unpaired) electrons. The maximum Gasteiger partial charge on any atom is 0.0504 e. The fourth-order valence-corrected chi connectivity index (χ4v) is 1.82. The SMILES string of the molecule is CCC(CC)(CO)CNc1ccc(C)c(N)c1. The fourth-order valence-electron chi connectivity index (χ4n) is 1.82. The van der Waals surface area contributed by atoms with Crippen LogP contribution in [0.5, 0.6) is 0 Å². The molecule has 0 spiro atoms. The van der Waals surface area contributed by atoms with Crippen molar-refractivity contribution in [1.82, 2.24) is 0 Å². The van der Waals surface area contributed by atoms with Crippen molar-refractivity contribution in [3.8, 4) is 0 Å². The molecule has 0 amide bonds. The number of aliphatic hydroxyl groups excluding tert-OH is 1. The van der Waals surface area contributed by atoms with Gasteiger partial charge in [-0.05, 0) is 37.5 Å². The lowest BCUT2D eigenvalue weighted by atomic mass is 9.83. The van der Waals surface area contributed by atoms with Crippen molar-refractivity contribution < 1.29 is 5.11 Å². The number of anilines is 2. The molecule has 0 saturated carbocycles. The van der Waals surface area contributed by atoms with Crippen molar-refractivity contribution >= 4 is 11.4 Å². The van der Waals surface area contributed by atoms with E-state index in [0.29, 0.717) is 0 Å². The van der Waals surface area contributed by atoms with Crippen LogP contribution in [0.2, 0.25) is 0 Å². The lowest BCUT2D eigenvalue weighted by Gasteiger charge is -2.30. The zero-order chi connectivity index (χ0) is 12.9. The van der Waals surface area contributed by atoms with E-state index in [2.05, 4.69) is 19.2 Å². The van der Waals surface area contributed by atoms with Gasteiger partial charge in [-0.2, -0.15) is 0 Å². The quantitative estimate of drug-likeness (QED) is 0.666. The second-order valence-corrected chi connectivity index (χ2v) is 4.79. The van der Waals surface area contributed by atoms with Crippen LogP contribution >= 0.6 is 0 Å². The van der Waals surface area contributed by atoms with Crippen LogP contribution in [0, 0.1) is 12.3 Å². The molecule has 0 aliphatic heterocycles. The van der Waals surface area contributed by atoms with Crippen molar-refractivity contribution in [2.24, 2.45) is 5.41 Å². The summed E-state index contributed by atoms with van der Waals surface area (Å²) < 4.78 is 0. The summed E-state index contributed by atoms with van der Waals surface area (Å²) in [5.41, 5.74) is 8.76. The van der Waals surface area contributed by atoms with Crippen molar-refractivity contribution in [3.63, 3.8) is 0 Å². The third-order valence-electron chi connectivity index (χ3n) is 3.78. The van der Waals surface area contributed by atoms with E-state index in [9.17, 15) is 5.11 Å². The Hall–Kier alpha value is -1.22. The molecule has 17 heavy (non-hydrogen) atoms. The summed E-state index contributed by atoms with van der Waals surface area (Å²) in [7, 11) is 0. The summed E-state index contributed by atoms with van der Waals surface area (Å²) in [5.74, 6) is 0. The number of aliphatic hydroxyl groups is 1. The van der Waals surface area contributed by atoms with E-state index in [0.717, 1.165) is 36.3 Å². The summed E-state index contributed by atoms with van der Waals surface area (Å²) in [4.78, 5) is 0. The Kier molecular flexibility index (Phi) is 4.82. The first-order valence-electron chi connectivity index (χ1n) is 6.27. The van der Waals surface area contributed by atoms with Crippen molar-refractivity contribution in [3.05, 3.63) is 23.8 Å². The van der Waals surface area contributed by atoms with Crippen LogP contribution in [0.15, 0.2) is 18.2 Å². The number of nitrogens with one attached hydrogen (secondary N) is 1. The van der Waals surface area contributed by atoms with Gasteiger partial charge < -0.3 is 16.2 Å². The third kappa shape index (κ3) is 3.37. The molecule has 1 aromatic carbocycles. The van der Waals surface area contributed by atoms with Crippen molar-refractivity contribution in [2.75, 3.05) is 24.2 Å². The Morgan fingerprint density at radius 1 is 1.29 bits per heavy atom. The van der Waals surface area contributed by atoms with Gasteiger partial charge in [-0.25, -0.2) is 0 Å². The molecule has 0 saturated heterocycles. The zero-order valence-corrected chi connectivity index (χ0v) is 11.1. The van der Waals surface area contributed by atoms with Gasteiger partial charge in [-0.1, -0.05) is 19.9 Å². The van der Waals surface area contributed by atoms with E-state index in [1.54, 1.807) is 0 Å². The predicted octanol–water partition coefficient (Wildman–Crippen LogP) is 2.79. The van der Waals surface area contributed by atoms with E-state index >= 15 is 0 Å². The van der Waals surface area contributed by atoms with Gasteiger partial charge in [-0.15, -0.1) is 0 Å². The topological polar surface area (TPSA) is 58.3 Å². The van der Waals surface area contributed by atoms with Gasteiger partial charge >= 0.3 is 0 Å². The van der Waals surface area contributed by atoms with Gasteiger partial charge in [-0.3, -0.25) is 0 Å². The first-order chi connectivity index (χ1) is 8.06. The molecule has 0 aliphatic rings. The molecule has 96 valence electrons. The molecule has 0 fully saturated rings. The summed E-state index contributed by atoms with van der Waals surface area (Å²) in [6.45, 7) is 7.22. The van der Waals surface area contributed by atoms with Crippen LogP contribution in [-0.4, -0.2) is 18.3 Å². The largest absolute Gasteiger partial charge is 0.398 e. The van der Waals surface area contributed by atoms with Gasteiger partial charge in [0.15, 0.2) is 0 Å². The van der Waals surface area contributed by atoms with Crippen LogP contribution in [0.1, 0.15) is 32.3 Å². The number of nitrogens with two attached hydrogens (primary N) is 1. The molecule has 0 heterocycles. The minimum Gasteiger partial charge on any atom is -0.398 e. The second kappa shape index (κ2) is 5.92. The highest BCUT2D eigenvalue weighted by atomic mass is 16.3. The van der Waals surface area contributed by atoms with Crippen LogP contribution < -0.4 is 11.1 Å². The molecule has 0 aliphatic carbocycles. The Labute approximate surface area is 104 Å². The smallest absolute Gasteiger partial charge is 0.0504 e. The summed E-state index contributed by atoms with van der Waals surface area (Å²) in [6, 6.07) is 5.98. The van der Waals surface area contributed by atoms with Crippen molar-refractivity contribution in [2.45, 2.75) is 33.6 Å². The maximum atomic E-state index is 9.49. The van der Waals surface area contributed by atoms with E-state index in [1.165, 1.54) is 0 Å². The molecule has 1 aromatic rings. The van der Waals surface area contributed by atoms with Gasteiger partial charge in [0.1, 0.15) is 0 Å². The highest BCUT2D eigenvalue weighted by Gasteiger charge is 2.24. The number of benzene rings is 1. The van der Waals surface area contributed by atoms with E-state index in [1.807, 2.05) is 25.1 Å². The number of rotatable bonds is 6. The molecule has 0 aromatic heterocycles. The second-order valence-electron chi connectivity index (χ2n) is 4.79. The Morgan fingerprint density at radius 2 is 1.94 bits per heavy atom. The lowest BCUT2D eigenvalue weighted by molar-refractivity contribution is 0.127. The molecular formula is C14H24N2O. The number of hydrogen-bond donors (Lipinski definition) is 3. The zero-order valence-electron chi connectivity index (χ0n) is 11.1. The van der Waals surface area contributed by atoms with E-state index in [-0.39, 0.29) is 12.0 Å². The Bertz CT molecular complexity index is 351. The number of hydrogen-bond acceptors (Lipinski definition) is 3.